The third-order valence-electron chi connectivity index (χ3n) is 3.27. The minimum atomic E-state index is 0.893. The largest absolute Gasteiger partial charge is 0.353 e. The number of aromatic nitrogens is 3. The van der Waals surface area contributed by atoms with E-state index in [1.807, 2.05) is 31.5 Å². The molecule has 0 unspecified atom stereocenters. The number of anilines is 1. The summed E-state index contributed by atoms with van der Waals surface area (Å²) in [7, 11) is 0. The average Bonchev–Trinajstić information content (AvgIpc) is 2.48. The Morgan fingerprint density at radius 1 is 1.11 bits per heavy atom. The van der Waals surface area contributed by atoms with E-state index in [-0.39, 0.29) is 0 Å². The zero-order chi connectivity index (χ0) is 13.1. The lowest BCUT2D eigenvalue weighted by Gasteiger charge is -2.28. The monoisotopic (exact) mass is 255 g/mol. The highest BCUT2D eigenvalue weighted by Crippen LogP contribution is 2.18. The third kappa shape index (κ3) is 2.71. The Morgan fingerprint density at radius 2 is 1.95 bits per heavy atom. The van der Waals surface area contributed by atoms with E-state index in [9.17, 15) is 0 Å². The van der Waals surface area contributed by atoms with Gasteiger partial charge in [0.1, 0.15) is 5.82 Å². The van der Waals surface area contributed by atoms with Crippen molar-refractivity contribution >= 4 is 5.82 Å². The third-order valence-corrected chi connectivity index (χ3v) is 3.27. The van der Waals surface area contributed by atoms with Crippen molar-refractivity contribution in [2.24, 2.45) is 0 Å². The topological polar surface area (TPSA) is 53.9 Å². The molecular formula is C14H17N5. The lowest BCUT2D eigenvalue weighted by Crippen LogP contribution is -2.43. The summed E-state index contributed by atoms with van der Waals surface area (Å²) in [5.74, 6) is 0.955. The van der Waals surface area contributed by atoms with E-state index < -0.39 is 0 Å². The van der Waals surface area contributed by atoms with Crippen molar-refractivity contribution in [2.45, 2.75) is 6.92 Å². The van der Waals surface area contributed by atoms with Gasteiger partial charge in [-0.15, -0.1) is 0 Å². The predicted octanol–water partition coefficient (Wildman–Crippen LogP) is 1.26. The van der Waals surface area contributed by atoms with E-state index in [0.717, 1.165) is 48.9 Å². The molecule has 0 amide bonds. The predicted molar refractivity (Wildman–Crippen MR) is 75.1 cm³/mol. The molecule has 1 aliphatic rings. The summed E-state index contributed by atoms with van der Waals surface area (Å²) >= 11 is 0. The van der Waals surface area contributed by atoms with Crippen LogP contribution in [0.3, 0.4) is 0 Å². The Hall–Kier alpha value is -2.01. The van der Waals surface area contributed by atoms with Crippen LogP contribution in [0, 0.1) is 6.92 Å². The van der Waals surface area contributed by atoms with E-state index in [2.05, 4.69) is 25.2 Å². The van der Waals surface area contributed by atoms with Gasteiger partial charge >= 0.3 is 0 Å². The maximum atomic E-state index is 4.52. The molecule has 2 aromatic rings. The van der Waals surface area contributed by atoms with Crippen LogP contribution in [0.15, 0.2) is 30.7 Å². The lowest BCUT2D eigenvalue weighted by atomic mass is 10.2. The molecule has 3 heterocycles. The van der Waals surface area contributed by atoms with Gasteiger partial charge in [0, 0.05) is 43.6 Å². The van der Waals surface area contributed by atoms with Crippen LogP contribution in [0.1, 0.15) is 5.69 Å². The Morgan fingerprint density at radius 3 is 2.63 bits per heavy atom. The van der Waals surface area contributed by atoms with Gasteiger partial charge in [-0.1, -0.05) is 0 Å². The van der Waals surface area contributed by atoms with E-state index >= 15 is 0 Å². The van der Waals surface area contributed by atoms with Crippen LogP contribution in [0.2, 0.25) is 0 Å². The maximum Gasteiger partial charge on any atom is 0.147 e. The van der Waals surface area contributed by atoms with E-state index in [1.165, 1.54) is 0 Å². The summed E-state index contributed by atoms with van der Waals surface area (Å²) in [6.45, 7) is 5.97. The molecule has 98 valence electrons. The zero-order valence-corrected chi connectivity index (χ0v) is 11.0. The summed E-state index contributed by atoms with van der Waals surface area (Å²) in [5.41, 5.74) is 2.95. The minimum absolute atomic E-state index is 0.893. The van der Waals surface area contributed by atoms with Crippen molar-refractivity contribution in [2.75, 3.05) is 31.1 Å². The van der Waals surface area contributed by atoms with Crippen LogP contribution in [-0.2, 0) is 0 Å². The smallest absolute Gasteiger partial charge is 0.147 e. The highest BCUT2D eigenvalue weighted by Gasteiger charge is 2.12. The van der Waals surface area contributed by atoms with Gasteiger partial charge in [0.2, 0.25) is 0 Å². The van der Waals surface area contributed by atoms with Gasteiger partial charge in [0.25, 0.3) is 0 Å². The van der Waals surface area contributed by atoms with Gasteiger partial charge in [-0.2, -0.15) is 0 Å². The number of nitrogens with one attached hydrogen (secondary N) is 1. The number of aryl methyl sites for hydroxylation is 1. The van der Waals surface area contributed by atoms with Gasteiger partial charge in [0.15, 0.2) is 0 Å². The van der Waals surface area contributed by atoms with Gasteiger partial charge in [-0.05, 0) is 19.1 Å². The summed E-state index contributed by atoms with van der Waals surface area (Å²) in [6, 6.07) is 3.98. The molecule has 1 saturated heterocycles. The Bertz CT molecular complexity index is 546. The van der Waals surface area contributed by atoms with Crippen LogP contribution in [-0.4, -0.2) is 41.1 Å². The molecule has 1 N–H and O–H groups in total. The molecule has 0 atom stereocenters. The normalized spacial score (nSPS) is 15.5. The molecule has 19 heavy (non-hydrogen) atoms. The maximum absolute atomic E-state index is 4.52. The first kappa shape index (κ1) is 12.0. The zero-order valence-electron chi connectivity index (χ0n) is 11.0. The SMILES string of the molecule is Cc1cc(-c2cnc(N3CCNCC3)cn2)ccn1. The molecular weight excluding hydrogens is 238 g/mol. The fourth-order valence-electron chi connectivity index (χ4n) is 2.23. The Labute approximate surface area is 112 Å². The van der Waals surface area contributed by atoms with Crippen LogP contribution < -0.4 is 10.2 Å². The first-order chi connectivity index (χ1) is 9.33. The fourth-order valence-corrected chi connectivity index (χ4v) is 2.23. The first-order valence-corrected chi connectivity index (χ1v) is 6.54. The molecule has 1 fully saturated rings. The molecule has 1 aliphatic heterocycles. The quantitative estimate of drug-likeness (QED) is 0.875. The van der Waals surface area contributed by atoms with E-state index in [4.69, 9.17) is 0 Å². The van der Waals surface area contributed by atoms with Crippen LogP contribution >= 0.6 is 0 Å². The van der Waals surface area contributed by atoms with Crippen LogP contribution in [0.4, 0.5) is 5.82 Å². The lowest BCUT2D eigenvalue weighted by molar-refractivity contribution is 0.584. The molecule has 5 nitrogen and oxygen atoms in total. The van der Waals surface area contributed by atoms with Crippen LogP contribution in [0.25, 0.3) is 11.3 Å². The highest BCUT2D eigenvalue weighted by molar-refractivity contribution is 5.58. The molecule has 3 rings (SSSR count). The van der Waals surface area contributed by atoms with Gasteiger partial charge in [0.05, 0.1) is 18.1 Å². The molecule has 2 aromatic heterocycles. The number of rotatable bonds is 2. The van der Waals surface area contributed by atoms with Crippen molar-refractivity contribution in [3.63, 3.8) is 0 Å². The van der Waals surface area contributed by atoms with Crippen molar-refractivity contribution in [1.29, 1.82) is 0 Å². The minimum Gasteiger partial charge on any atom is -0.353 e. The summed E-state index contributed by atoms with van der Waals surface area (Å²) in [6.07, 6.45) is 5.50. The Balaban J connectivity index is 1.82. The molecule has 0 bridgehead atoms. The molecule has 0 aromatic carbocycles. The van der Waals surface area contributed by atoms with Crippen LogP contribution in [0.5, 0.6) is 0 Å². The van der Waals surface area contributed by atoms with Gasteiger partial charge < -0.3 is 10.2 Å². The molecule has 0 spiro atoms. The second-order valence-corrected chi connectivity index (χ2v) is 4.68. The van der Waals surface area contributed by atoms with Gasteiger partial charge in [-0.3, -0.25) is 9.97 Å². The summed E-state index contributed by atoms with van der Waals surface area (Å²) < 4.78 is 0. The van der Waals surface area contributed by atoms with Crippen molar-refractivity contribution in [1.82, 2.24) is 20.3 Å². The number of pyridine rings is 1. The van der Waals surface area contributed by atoms with E-state index in [1.54, 1.807) is 6.20 Å². The number of hydrogen-bond acceptors (Lipinski definition) is 5. The van der Waals surface area contributed by atoms with Crippen molar-refractivity contribution in [3.05, 3.63) is 36.4 Å². The summed E-state index contributed by atoms with van der Waals surface area (Å²) in [4.78, 5) is 15.5. The van der Waals surface area contributed by atoms with E-state index in [0.29, 0.717) is 0 Å². The van der Waals surface area contributed by atoms with Gasteiger partial charge in [-0.25, -0.2) is 4.98 Å². The van der Waals surface area contributed by atoms with Crippen molar-refractivity contribution < 1.29 is 0 Å². The second-order valence-electron chi connectivity index (χ2n) is 4.68. The molecule has 5 heteroatoms. The fraction of sp³-hybridized carbons (Fsp3) is 0.357. The number of nitrogens with zero attached hydrogens (tertiary/aromatic N) is 4. The number of piperazine rings is 1. The molecule has 0 aliphatic carbocycles. The average molecular weight is 255 g/mol. The highest BCUT2D eigenvalue weighted by atomic mass is 15.2. The summed E-state index contributed by atoms with van der Waals surface area (Å²) in [5, 5.41) is 3.33. The Kier molecular flexibility index (Phi) is 3.37. The first-order valence-electron chi connectivity index (χ1n) is 6.54. The second kappa shape index (κ2) is 5.32. The van der Waals surface area contributed by atoms with Crippen molar-refractivity contribution in [3.8, 4) is 11.3 Å². The standard InChI is InChI=1S/C14H17N5/c1-11-8-12(2-3-16-11)13-9-18-14(10-17-13)19-6-4-15-5-7-19/h2-3,8-10,15H,4-7H2,1H3. The number of hydrogen-bond donors (Lipinski definition) is 1. The molecule has 0 saturated carbocycles. The molecule has 0 radical (unpaired) electrons.